The lowest BCUT2D eigenvalue weighted by Crippen LogP contribution is -2.46. The van der Waals surface area contributed by atoms with Gasteiger partial charge in [0.05, 0.1) is 18.1 Å². The molecule has 0 heterocycles. The largest absolute Gasteiger partial charge is 0.497 e. The van der Waals surface area contributed by atoms with Crippen molar-refractivity contribution in [3.63, 3.8) is 0 Å². The van der Waals surface area contributed by atoms with Crippen LogP contribution in [0.2, 0.25) is 0 Å². The van der Waals surface area contributed by atoms with Gasteiger partial charge in [-0.15, -0.1) is 0 Å². The number of nitrogens with one attached hydrogen (secondary N) is 1. The molecule has 1 rings (SSSR count). The zero-order valence-corrected chi connectivity index (χ0v) is 12.1. The highest BCUT2D eigenvalue weighted by Gasteiger charge is 2.32. The van der Waals surface area contributed by atoms with Crippen LogP contribution < -0.4 is 9.46 Å². The first kappa shape index (κ1) is 15.5. The first-order chi connectivity index (χ1) is 8.93. The first-order valence-electron chi connectivity index (χ1n) is 6.02. The second-order valence-corrected chi connectivity index (χ2v) is 5.86. The average molecular weight is 282 g/mol. The minimum absolute atomic E-state index is 0.120. The van der Waals surface area contributed by atoms with Crippen molar-refractivity contribution in [1.82, 2.24) is 4.72 Å². The zero-order valence-electron chi connectivity index (χ0n) is 11.3. The van der Waals surface area contributed by atoms with E-state index in [0.29, 0.717) is 18.6 Å². The number of rotatable bonds is 6. The van der Waals surface area contributed by atoms with Gasteiger partial charge in [0.25, 0.3) is 0 Å². The molecule has 0 amide bonds. The van der Waals surface area contributed by atoms with E-state index in [2.05, 4.69) is 4.72 Å². The third kappa shape index (κ3) is 3.46. The maximum atomic E-state index is 12.2. The van der Waals surface area contributed by atoms with Crippen LogP contribution in [0.3, 0.4) is 0 Å². The van der Waals surface area contributed by atoms with Gasteiger partial charge >= 0.3 is 0 Å². The van der Waals surface area contributed by atoms with Crippen LogP contribution in [0.25, 0.3) is 0 Å². The van der Waals surface area contributed by atoms with Crippen LogP contribution in [0, 0.1) is 11.3 Å². The van der Waals surface area contributed by atoms with E-state index in [9.17, 15) is 13.7 Å². The Bertz CT molecular complexity index is 555. The average Bonchev–Trinajstić information content (AvgIpc) is 2.45. The molecule has 1 aromatic carbocycles. The summed E-state index contributed by atoms with van der Waals surface area (Å²) in [5, 5.41) is 9.17. The summed E-state index contributed by atoms with van der Waals surface area (Å²) in [4.78, 5) is 0.120. The van der Waals surface area contributed by atoms with E-state index >= 15 is 0 Å². The Morgan fingerprint density at radius 2 is 1.79 bits per heavy atom. The molecule has 6 heteroatoms. The van der Waals surface area contributed by atoms with Crippen molar-refractivity contribution in [3.05, 3.63) is 24.3 Å². The predicted octanol–water partition coefficient (Wildman–Crippen LogP) is 2.06. The minimum atomic E-state index is -3.71. The number of ether oxygens (including phenoxy) is 1. The van der Waals surface area contributed by atoms with Crippen LogP contribution in [0.5, 0.6) is 5.75 Å². The fourth-order valence-electron chi connectivity index (χ4n) is 1.65. The fraction of sp³-hybridized carbons (Fsp3) is 0.462. The molecule has 0 aromatic heterocycles. The van der Waals surface area contributed by atoms with E-state index in [4.69, 9.17) is 4.74 Å². The van der Waals surface area contributed by atoms with Crippen LogP contribution in [-0.4, -0.2) is 21.1 Å². The van der Waals surface area contributed by atoms with Gasteiger partial charge in [-0.2, -0.15) is 9.98 Å². The summed E-state index contributed by atoms with van der Waals surface area (Å²) in [5.74, 6) is 0.580. The molecule has 1 aromatic rings. The molecule has 0 radical (unpaired) electrons. The molecule has 0 aliphatic rings. The van der Waals surface area contributed by atoms with Gasteiger partial charge in [0.15, 0.2) is 0 Å². The van der Waals surface area contributed by atoms with E-state index in [1.54, 1.807) is 26.0 Å². The Hall–Kier alpha value is -1.58. The third-order valence-electron chi connectivity index (χ3n) is 3.12. The van der Waals surface area contributed by atoms with Crippen molar-refractivity contribution in [2.45, 2.75) is 37.1 Å². The maximum absolute atomic E-state index is 12.2. The van der Waals surface area contributed by atoms with Crippen LogP contribution in [0.1, 0.15) is 26.7 Å². The Kier molecular flexibility index (Phi) is 4.92. The summed E-state index contributed by atoms with van der Waals surface area (Å²) in [6.07, 6.45) is 0.824. The van der Waals surface area contributed by atoms with Crippen molar-refractivity contribution in [2.75, 3.05) is 7.11 Å². The van der Waals surface area contributed by atoms with Gasteiger partial charge in [-0.25, -0.2) is 8.42 Å². The Morgan fingerprint density at radius 3 is 2.16 bits per heavy atom. The van der Waals surface area contributed by atoms with Crippen LogP contribution in [0.15, 0.2) is 29.2 Å². The molecule has 104 valence electrons. The van der Waals surface area contributed by atoms with E-state index in [-0.39, 0.29) is 4.90 Å². The summed E-state index contributed by atoms with van der Waals surface area (Å²) in [6, 6.07) is 8.09. The van der Waals surface area contributed by atoms with Crippen molar-refractivity contribution < 1.29 is 13.2 Å². The van der Waals surface area contributed by atoms with Gasteiger partial charge in [-0.3, -0.25) is 0 Å². The lowest BCUT2D eigenvalue weighted by atomic mass is 9.97. The normalized spacial score (nSPS) is 11.9. The Labute approximate surface area is 114 Å². The summed E-state index contributed by atoms with van der Waals surface area (Å²) >= 11 is 0. The van der Waals surface area contributed by atoms with Crippen molar-refractivity contribution >= 4 is 10.0 Å². The number of nitriles is 1. The molecule has 5 nitrogen and oxygen atoms in total. The molecule has 0 saturated heterocycles. The number of hydrogen-bond donors (Lipinski definition) is 1. The summed E-state index contributed by atoms with van der Waals surface area (Å²) in [7, 11) is -2.20. The second kappa shape index (κ2) is 6.04. The molecule has 0 aliphatic carbocycles. The number of nitrogens with zero attached hydrogens (tertiary/aromatic N) is 1. The quantitative estimate of drug-likeness (QED) is 0.866. The van der Waals surface area contributed by atoms with Crippen molar-refractivity contribution in [3.8, 4) is 11.8 Å². The lowest BCUT2D eigenvalue weighted by molar-refractivity contribution is 0.414. The summed E-state index contributed by atoms with van der Waals surface area (Å²) in [5.41, 5.74) is -1.06. The molecule has 0 spiro atoms. The maximum Gasteiger partial charge on any atom is 0.241 e. The van der Waals surface area contributed by atoms with Crippen molar-refractivity contribution in [2.24, 2.45) is 0 Å². The highest BCUT2D eigenvalue weighted by atomic mass is 32.2. The monoisotopic (exact) mass is 282 g/mol. The minimum Gasteiger partial charge on any atom is -0.497 e. The number of hydrogen-bond acceptors (Lipinski definition) is 4. The van der Waals surface area contributed by atoms with Gasteiger partial charge in [-0.05, 0) is 37.1 Å². The molecule has 0 bridgehead atoms. The SMILES string of the molecule is CCC(C#N)(CC)NS(=O)(=O)c1ccc(OC)cc1. The van der Waals surface area contributed by atoms with E-state index in [1.165, 1.54) is 19.2 Å². The molecule has 0 unspecified atom stereocenters. The number of benzene rings is 1. The predicted molar refractivity (Wildman–Crippen MR) is 72.2 cm³/mol. The van der Waals surface area contributed by atoms with Crippen LogP contribution >= 0.6 is 0 Å². The first-order valence-corrected chi connectivity index (χ1v) is 7.50. The molecular weight excluding hydrogens is 264 g/mol. The van der Waals surface area contributed by atoms with Crippen molar-refractivity contribution in [1.29, 1.82) is 5.26 Å². The van der Waals surface area contributed by atoms with E-state index < -0.39 is 15.6 Å². The Balaban J connectivity index is 3.07. The molecule has 1 N–H and O–H groups in total. The highest BCUT2D eigenvalue weighted by Crippen LogP contribution is 2.20. The van der Waals surface area contributed by atoms with Crippen LogP contribution in [0.4, 0.5) is 0 Å². The van der Waals surface area contributed by atoms with Gasteiger partial charge in [0.2, 0.25) is 10.0 Å². The van der Waals surface area contributed by atoms with E-state index in [1.807, 2.05) is 6.07 Å². The lowest BCUT2D eigenvalue weighted by Gasteiger charge is -2.24. The Morgan fingerprint density at radius 1 is 1.26 bits per heavy atom. The molecular formula is C13H18N2O3S. The van der Waals surface area contributed by atoms with Crippen LogP contribution in [-0.2, 0) is 10.0 Å². The smallest absolute Gasteiger partial charge is 0.241 e. The van der Waals surface area contributed by atoms with E-state index in [0.717, 1.165) is 0 Å². The summed E-state index contributed by atoms with van der Waals surface area (Å²) in [6.45, 7) is 3.56. The molecule has 0 fully saturated rings. The summed E-state index contributed by atoms with van der Waals surface area (Å²) < 4.78 is 31.9. The highest BCUT2D eigenvalue weighted by molar-refractivity contribution is 7.89. The number of methoxy groups -OCH3 is 1. The second-order valence-electron chi connectivity index (χ2n) is 4.18. The molecule has 0 saturated carbocycles. The molecule has 0 aliphatic heterocycles. The third-order valence-corrected chi connectivity index (χ3v) is 4.67. The topological polar surface area (TPSA) is 79.2 Å². The molecule has 19 heavy (non-hydrogen) atoms. The number of sulfonamides is 1. The fourth-order valence-corrected chi connectivity index (χ4v) is 3.11. The van der Waals surface area contributed by atoms with Gasteiger partial charge in [0.1, 0.15) is 11.3 Å². The standard InChI is InChI=1S/C13H18N2O3S/c1-4-13(5-2,10-14)15-19(16,17)12-8-6-11(18-3)7-9-12/h6-9,15H,4-5H2,1-3H3. The molecule has 0 atom stereocenters. The zero-order chi connectivity index (χ0) is 14.5. The van der Waals surface area contributed by atoms with Gasteiger partial charge in [0, 0.05) is 0 Å². The van der Waals surface area contributed by atoms with Gasteiger partial charge < -0.3 is 4.74 Å². The van der Waals surface area contributed by atoms with Gasteiger partial charge in [-0.1, -0.05) is 13.8 Å².